The Labute approximate surface area is 370 Å². The zero-order chi connectivity index (χ0) is 44.5. The highest BCUT2D eigenvalue weighted by molar-refractivity contribution is 5.99. The van der Waals surface area contributed by atoms with Crippen molar-refractivity contribution in [2.45, 2.75) is 92.4 Å². The van der Waals surface area contributed by atoms with Gasteiger partial charge >= 0.3 is 11.9 Å². The van der Waals surface area contributed by atoms with Crippen molar-refractivity contribution in [3.8, 4) is 11.5 Å². The van der Waals surface area contributed by atoms with E-state index in [0.29, 0.717) is 29.9 Å². The molecule has 0 atom stereocenters. The predicted octanol–water partition coefficient (Wildman–Crippen LogP) is 12.2. The van der Waals surface area contributed by atoms with Crippen LogP contribution < -0.4 is 19.3 Å². The van der Waals surface area contributed by atoms with E-state index in [2.05, 4.69) is 110 Å². The van der Waals surface area contributed by atoms with Crippen LogP contribution in [0.25, 0.3) is 24.3 Å². The summed E-state index contributed by atoms with van der Waals surface area (Å²) in [4.78, 5) is 41.0. The number of hydrogen-bond acceptors (Lipinski definition) is 9. The largest absolute Gasteiger partial charge is 0.496 e. The van der Waals surface area contributed by atoms with Crippen molar-refractivity contribution in [1.29, 1.82) is 0 Å². The van der Waals surface area contributed by atoms with Gasteiger partial charge in [0.05, 0.1) is 25.9 Å². The Morgan fingerprint density at radius 3 is 1.44 bits per heavy atom. The number of nitrogens with zero attached hydrogens (tertiary/aromatic N) is 2. The van der Waals surface area contributed by atoms with E-state index in [1.54, 1.807) is 7.11 Å². The van der Waals surface area contributed by atoms with E-state index in [1.165, 1.54) is 93.9 Å². The van der Waals surface area contributed by atoms with Crippen molar-refractivity contribution >= 4 is 53.4 Å². The van der Waals surface area contributed by atoms with Gasteiger partial charge in [0.1, 0.15) is 11.5 Å². The molecule has 0 aliphatic heterocycles. The molecule has 0 aliphatic rings. The molecule has 0 aliphatic carbocycles. The molecular formula is C53H68N2O7. The van der Waals surface area contributed by atoms with Gasteiger partial charge in [-0.1, -0.05) is 114 Å². The van der Waals surface area contributed by atoms with Crippen LogP contribution in [0.2, 0.25) is 0 Å². The molecule has 4 aromatic carbocycles. The van der Waals surface area contributed by atoms with Crippen molar-refractivity contribution in [1.82, 2.24) is 0 Å². The van der Waals surface area contributed by atoms with Gasteiger partial charge in [0, 0.05) is 67.6 Å². The van der Waals surface area contributed by atoms with Gasteiger partial charge in [0.2, 0.25) is 0 Å². The fraction of sp³-hybridized carbons (Fsp3) is 0.415. The summed E-state index contributed by atoms with van der Waals surface area (Å²) in [6, 6.07) is 27.6. The van der Waals surface area contributed by atoms with E-state index < -0.39 is 11.9 Å². The average Bonchev–Trinajstić information content (AvgIpc) is 3.30. The van der Waals surface area contributed by atoms with Gasteiger partial charge in [-0.15, -0.1) is 0 Å². The number of anilines is 2. The molecule has 0 radical (unpaired) electrons. The quantitative estimate of drug-likeness (QED) is 0.0240. The maximum absolute atomic E-state index is 12.8. The summed E-state index contributed by atoms with van der Waals surface area (Å²) in [7, 11) is 1.68. The first-order valence-corrected chi connectivity index (χ1v) is 22.5. The van der Waals surface area contributed by atoms with Crippen molar-refractivity contribution in [2.75, 3.05) is 62.9 Å². The van der Waals surface area contributed by atoms with E-state index >= 15 is 0 Å². The topological polar surface area (TPSA) is 94.6 Å². The average molecular weight is 845 g/mol. The van der Waals surface area contributed by atoms with Crippen molar-refractivity contribution in [3.05, 3.63) is 118 Å². The molecule has 4 aromatic rings. The number of carbonyl (C=O) groups is 3. The number of benzene rings is 4. The normalized spacial score (nSPS) is 11.2. The van der Waals surface area contributed by atoms with E-state index in [0.717, 1.165) is 54.2 Å². The van der Waals surface area contributed by atoms with Crippen LogP contribution in [-0.2, 0) is 14.3 Å². The van der Waals surface area contributed by atoms with Crippen LogP contribution in [0, 0.1) is 0 Å². The summed E-state index contributed by atoms with van der Waals surface area (Å²) in [5.41, 5.74) is 7.06. The highest BCUT2D eigenvalue weighted by atomic mass is 16.5. The molecule has 332 valence electrons. The van der Waals surface area contributed by atoms with Gasteiger partial charge in [-0.05, 0) is 85.3 Å². The van der Waals surface area contributed by atoms with Crippen LogP contribution in [-0.4, -0.2) is 70.8 Å². The first kappa shape index (κ1) is 48.8. The number of esters is 2. The molecule has 0 fully saturated rings. The monoisotopic (exact) mass is 845 g/mol. The molecular weight excluding hydrogens is 777 g/mol. The van der Waals surface area contributed by atoms with Crippen molar-refractivity contribution in [2.24, 2.45) is 0 Å². The molecule has 0 spiro atoms. The minimum Gasteiger partial charge on any atom is -0.496 e. The van der Waals surface area contributed by atoms with E-state index in [4.69, 9.17) is 18.9 Å². The molecule has 0 saturated carbocycles. The third-order valence-corrected chi connectivity index (χ3v) is 10.5. The smallest absolute Gasteiger partial charge is 0.338 e. The standard InChI is InChI=1S/C53H68N2O7/c1-7-11-32-54(33-12-8-2)48-28-18-42(19-29-48)16-22-46-39-52(60-36-15-37-61-53(58)45-26-24-44(25-27-45)50(57)40-62-41(5)56)47(38-51(46)59-6)23-17-43-20-30-49(31-21-43)55(34-13-9-3)35-14-10-4/h16-31,38-39H,7-15,32-37,40H2,1-6H3. The lowest BCUT2D eigenvalue weighted by atomic mass is 10.0. The second-order valence-electron chi connectivity index (χ2n) is 15.5. The molecule has 0 saturated heterocycles. The van der Waals surface area contributed by atoms with E-state index in [1.807, 2.05) is 12.1 Å². The first-order chi connectivity index (χ1) is 30.2. The van der Waals surface area contributed by atoms with Crippen molar-refractivity contribution < 1.29 is 33.3 Å². The molecule has 9 heteroatoms. The summed E-state index contributed by atoms with van der Waals surface area (Å²) >= 11 is 0. The summed E-state index contributed by atoms with van der Waals surface area (Å²) in [5.74, 6) is 0.0192. The van der Waals surface area contributed by atoms with Crippen LogP contribution in [0.1, 0.15) is 135 Å². The van der Waals surface area contributed by atoms with Gasteiger partial charge in [-0.25, -0.2) is 4.79 Å². The highest BCUT2D eigenvalue weighted by Gasteiger charge is 2.14. The van der Waals surface area contributed by atoms with Crippen LogP contribution in [0.15, 0.2) is 84.9 Å². The molecule has 9 nitrogen and oxygen atoms in total. The molecule has 0 unspecified atom stereocenters. The maximum Gasteiger partial charge on any atom is 0.338 e. The Kier molecular flexibility index (Phi) is 21.4. The van der Waals surface area contributed by atoms with Crippen LogP contribution in [0.4, 0.5) is 11.4 Å². The minimum atomic E-state index is -0.531. The summed E-state index contributed by atoms with van der Waals surface area (Å²) < 4.78 is 22.6. The van der Waals surface area contributed by atoms with Gasteiger partial charge in [0.25, 0.3) is 0 Å². The first-order valence-electron chi connectivity index (χ1n) is 22.5. The molecule has 0 aromatic heterocycles. The number of methoxy groups -OCH3 is 1. The summed E-state index contributed by atoms with van der Waals surface area (Å²) in [6.07, 6.45) is 18.1. The van der Waals surface area contributed by atoms with E-state index in [-0.39, 0.29) is 19.0 Å². The number of hydrogen-bond donors (Lipinski definition) is 0. The Morgan fingerprint density at radius 1 is 0.532 bits per heavy atom. The lowest BCUT2D eigenvalue weighted by molar-refractivity contribution is -0.139. The van der Waals surface area contributed by atoms with Gasteiger partial charge < -0.3 is 28.7 Å². The number of ketones is 1. The molecule has 62 heavy (non-hydrogen) atoms. The molecule has 4 rings (SSSR count). The number of Topliss-reactive ketones (excluding diaryl/α,β-unsaturated/α-hetero) is 1. The Hall–Kier alpha value is -5.83. The number of carbonyl (C=O) groups excluding carboxylic acids is 3. The molecule has 0 heterocycles. The molecule has 0 bridgehead atoms. The SMILES string of the molecule is CCCCN(CCCC)c1ccc(C=Cc2cc(OCCCOC(=O)c3ccc(C(=O)COC(C)=O)cc3)c(C=Cc3ccc(N(CCCC)CCCC)cc3)cc2OC)cc1. The van der Waals surface area contributed by atoms with Gasteiger partial charge in [0.15, 0.2) is 12.4 Å². The minimum absolute atomic E-state index is 0.143. The van der Waals surface area contributed by atoms with Gasteiger partial charge in [-0.3, -0.25) is 9.59 Å². The van der Waals surface area contributed by atoms with Gasteiger partial charge in [-0.2, -0.15) is 0 Å². The Morgan fingerprint density at radius 2 is 0.984 bits per heavy atom. The molecule has 0 N–H and O–H groups in total. The second kappa shape index (κ2) is 27.2. The second-order valence-corrected chi connectivity index (χ2v) is 15.5. The predicted molar refractivity (Wildman–Crippen MR) is 256 cm³/mol. The maximum atomic E-state index is 12.8. The highest BCUT2D eigenvalue weighted by Crippen LogP contribution is 2.33. The number of rotatable bonds is 28. The summed E-state index contributed by atoms with van der Waals surface area (Å²) in [5, 5.41) is 0. The van der Waals surface area contributed by atoms with Crippen LogP contribution in [0.5, 0.6) is 11.5 Å². The lowest BCUT2D eigenvalue weighted by Crippen LogP contribution is -2.25. The third kappa shape index (κ3) is 16.2. The molecule has 0 amide bonds. The number of unbranched alkanes of at least 4 members (excludes halogenated alkanes) is 4. The van der Waals surface area contributed by atoms with E-state index in [9.17, 15) is 14.4 Å². The van der Waals surface area contributed by atoms with Crippen molar-refractivity contribution in [3.63, 3.8) is 0 Å². The third-order valence-electron chi connectivity index (χ3n) is 10.5. The zero-order valence-electron chi connectivity index (χ0n) is 38.0. The fourth-order valence-corrected chi connectivity index (χ4v) is 6.79. The van der Waals surface area contributed by atoms with Crippen LogP contribution >= 0.6 is 0 Å². The van der Waals surface area contributed by atoms with Crippen LogP contribution in [0.3, 0.4) is 0 Å². The zero-order valence-corrected chi connectivity index (χ0v) is 38.0. The number of ether oxygens (including phenoxy) is 4. The Balaban J connectivity index is 1.51. The Bertz CT molecular complexity index is 2000. The lowest BCUT2D eigenvalue weighted by Gasteiger charge is -2.24. The fourth-order valence-electron chi connectivity index (χ4n) is 6.79. The summed E-state index contributed by atoms with van der Waals surface area (Å²) in [6.45, 7) is 14.5.